The summed E-state index contributed by atoms with van der Waals surface area (Å²) in [5.74, 6) is -1.53. The number of aliphatic hydroxyl groups excluding tert-OH is 2. The van der Waals surface area contributed by atoms with E-state index in [1.807, 2.05) is 6.08 Å². The van der Waals surface area contributed by atoms with Crippen molar-refractivity contribution in [3.8, 4) is 0 Å². The highest BCUT2D eigenvalue weighted by Gasteiger charge is 2.27. The number of nitrogens with one attached hydrogen (secondary N) is 1. The van der Waals surface area contributed by atoms with Gasteiger partial charge in [-0.15, -0.1) is 0 Å². The number of carbonyl (C=O) groups excluding carboxylic acids is 1. The van der Waals surface area contributed by atoms with Gasteiger partial charge in [0.2, 0.25) is 5.91 Å². The van der Waals surface area contributed by atoms with Crippen LogP contribution in [0.5, 0.6) is 0 Å². The first kappa shape index (κ1) is 53.8. The van der Waals surface area contributed by atoms with Gasteiger partial charge in [-0.25, -0.2) is 0 Å². The Hall–Kier alpha value is -1.22. The second-order valence-corrected chi connectivity index (χ2v) is 18.0. The fourth-order valence-corrected chi connectivity index (χ4v) is 8.07. The molecule has 3 atom stereocenters. The van der Waals surface area contributed by atoms with Crippen LogP contribution in [0.15, 0.2) is 24.3 Å². The van der Waals surface area contributed by atoms with Crippen LogP contribution in [0, 0.1) is 0 Å². The Bertz CT molecular complexity index is 984. The van der Waals surface area contributed by atoms with E-state index in [0.29, 0.717) is 6.42 Å². The summed E-state index contributed by atoms with van der Waals surface area (Å²) in [4.78, 5) is 12.6. The molecule has 0 spiro atoms. The van der Waals surface area contributed by atoms with Crippen molar-refractivity contribution in [1.82, 2.24) is 5.32 Å². The van der Waals surface area contributed by atoms with Gasteiger partial charge < -0.3 is 15.5 Å². The third kappa shape index (κ3) is 40.8. The third-order valence-electron chi connectivity index (χ3n) is 11.0. The van der Waals surface area contributed by atoms with Crippen LogP contribution >= 0.6 is 0 Å². The summed E-state index contributed by atoms with van der Waals surface area (Å²) in [5, 5.41) is 23.5. The smallest absolute Gasteiger partial charge is 0.267 e. The van der Waals surface area contributed by atoms with Gasteiger partial charge in [-0.3, -0.25) is 9.35 Å². The van der Waals surface area contributed by atoms with E-state index in [2.05, 4.69) is 31.3 Å². The van der Waals surface area contributed by atoms with Gasteiger partial charge in [0.1, 0.15) is 6.10 Å². The number of allylic oxidation sites excluding steroid dienone is 3. The molecule has 4 N–H and O–H groups in total. The number of aliphatic hydroxyl groups is 2. The zero-order valence-electron chi connectivity index (χ0n) is 36.2. The average Bonchev–Trinajstić information content (AvgIpc) is 3.15. The van der Waals surface area contributed by atoms with Crippen molar-refractivity contribution in [2.24, 2.45) is 0 Å². The van der Waals surface area contributed by atoms with Gasteiger partial charge in [-0.2, -0.15) is 8.42 Å². The monoisotopic (exact) mass is 798 g/mol. The molecule has 3 unspecified atom stereocenters. The van der Waals surface area contributed by atoms with Gasteiger partial charge >= 0.3 is 0 Å². The van der Waals surface area contributed by atoms with Crippen LogP contribution in [0.3, 0.4) is 0 Å². The molecule has 326 valence electrons. The van der Waals surface area contributed by atoms with E-state index in [9.17, 15) is 28.0 Å². The Morgan fingerprint density at radius 2 is 0.800 bits per heavy atom. The molecule has 8 heteroatoms. The van der Waals surface area contributed by atoms with Crippen LogP contribution < -0.4 is 5.32 Å². The second-order valence-electron chi connectivity index (χ2n) is 16.5. The molecule has 0 saturated heterocycles. The maximum atomic E-state index is 12.6. The van der Waals surface area contributed by atoms with E-state index >= 15 is 0 Å². The van der Waals surface area contributed by atoms with Gasteiger partial charge in [-0.1, -0.05) is 224 Å². The van der Waals surface area contributed by atoms with Crippen molar-refractivity contribution in [2.45, 2.75) is 263 Å². The minimum Gasteiger partial charge on any atom is -0.387 e. The van der Waals surface area contributed by atoms with Crippen LogP contribution in [-0.2, 0) is 14.9 Å². The van der Waals surface area contributed by atoms with Crippen molar-refractivity contribution < 1.29 is 28.0 Å². The van der Waals surface area contributed by atoms with Crippen molar-refractivity contribution in [1.29, 1.82) is 0 Å². The van der Waals surface area contributed by atoms with E-state index in [1.165, 1.54) is 179 Å². The molecule has 1 amide bonds. The minimum atomic E-state index is -4.44. The lowest BCUT2D eigenvalue weighted by Crippen LogP contribution is -2.50. The molecule has 0 bridgehead atoms. The summed E-state index contributed by atoms with van der Waals surface area (Å²) in [6.07, 6.45) is 49.5. The molecular formula is C47H91NO6S. The molecule has 0 saturated carbocycles. The van der Waals surface area contributed by atoms with Crippen molar-refractivity contribution in [2.75, 3.05) is 5.75 Å². The normalized spacial score (nSPS) is 13.9. The van der Waals surface area contributed by atoms with Gasteiger partial charge in [0.15, 0.2) is 0 Å². The number of carbonyl (C=O) groups is 1. The fraction of sp³-hybridized carbons (Fsp3) is 0.894. The molecule has 7 nitrogen and oxygen atoms in total. The number of rotatable bonds is 43. The number of amides is 1. The molecule has 0 aromatic heterocycles. The maximum absolute atomic E-state index is 12.6. The van der Waals surface area contributed by atoms with E-state index < -0.39 is 40.0 Å². The first-order chi connectivity index (χ1) is 26.7. The molecule has 55 heavy (non-hydrogen) atoms. The number of hydrogen-bond acceptors (Lipinski definition) is 5. The number of unbranched alkanes of at least 4 members (excludes halogenated alkanes) is 32. The molecule has 0 radical (unpaired) electrons. The standard InChI is InChI=1S/C47H91NO6S/c1-3-5-7-9-11-13-15-17-19-21-23-25-27-29-31-33-35-37-39-41-45(49)44(43-55(52,53)54)48-47(51)46(50)42-40-38-36-34-32-30-28-26-24-22-20-18-16-14-12-10-8-6-4-2/h24,26,39,41,44-46,49-50H,3-23,25,27-38,40,42-43H2,1-2H3,(H,48,51)(H,52,53,54)/b26-24-,41-39+. The Morgan fingerprint density at radius 1 is 0.491 bits per heavy atom. The van der Waals surface area contributed by atoms with Crippen LogP contribution in [0.25, 0.3) is 0 Å². The Morgan fingerprint density at radius 3 is 1.15 bits per heavy atom. The molecule has 0 aromatic carbocycles. The molecular weight excluding hydrogens is 707 g/mol. The first-order valence-electron chi connectivity index (χ1n) is 23.6. The summed E-state index contributed by atoms with van der Waals surface area (Å²) in [7, 11) is -4.44. The van der Waals surface area contributed by atoms with Crippen LogP contribution in [0.2, 0.25) is 0 Å². The van der Waals surface area contributed by atoms with Gasteiger partial charge in [0, 0.05) is 0 Å². The molecule has 0 heterocycles. The number of hydrogen-bond donors (Lipinski definition) is 4. The lowest BCUT2D eigenvalue weighted by molar-refractivity contribution is -0.130. The topological polar surface area (TPSA) is 124 Å². The molecule has 0 aliphatic heterocycles. The van der Waals surface area contributed by atoms with Crippen molar-refractivity contribution in [3.05, 3.63) is 24.3 Å². The Balaban J connectivity index is 3.95. The predicted octanol–water partition coefficient (Wildman–Crippen LogP) is 13.3. The summed E-state index contributed by atoms with van der Waals surface area (Å²) >= 11 is 0. The molecule has 0 aliphatic rings. The third-order valence-corrected chi connectivity index (χ3v) is 11.8. The average molecular weight is 798 g/mol. The largest absolute Gasteiger partial charge is 0.387 e. The van der Waals surface area contributed by atoms with E-state index in [1.54, 1.807) is 0 Å². The van der Waals surface area contributed by atoms with E-state index in [4.69, 9.17) is 0 Å². The second kappa shape index (κ2) is 41.0. The summed E-state index contributed by atoms with van der Waals surface area (Å²) in [5.41, 5.74) is 0. The lowest BCUT2D eigenvalue weighted by Gasteiger charge is -2.22. The molecule has 0 aliphatic carbocycles. The SMILES string of the molecule is CCCCCCCCCCC/C=C\CCCCCCCCC(O)C(=O)NC(CS(=O)(=O)O)C(O)/C=C/CCCCCCCCCCCCCCCCCCC. The van der Waals surface area contributed by atoms with Crippen LogP contribution in [0.4, 0.5) is 0 Å². The van der Waals surface area contributed by atoms with E-state index in [-0.39, 0.29) is 6.42 Å². The lowest BCUT2D eigenvalue weighted by atomic mass is 10.0. The van der Waals surface area contributed by atoms with E-state index in [0.717, 1.165) is 44.9 Å². The Kier molecular flexibility index (Phi) is 40.0. The summed E-state index contributed by atoms with van der Waals surface area (Å²) < 4.78 is 32.6. The van der Waals surface area contributed by atoms with Gasteiger partial charge in [0.05, 0.1) is 17.9 Å². The summed E-state index contributed by atoms with van der Waals surface area (Å²) in [6.45, 7) is 4.53. The van der Waals surface area contributed by atoms with Crippen LogP contribution in [-0.4, -0.2) is 53.1 Å². The van der Waals surface area contributed by atoms with Crippen molar-refractivity contribution in [3.63, 3.8) is 0 Å². The molecule has 0 fully saturated rings. The predicted molar refractivity (Wildman–Crippen MR) is 236 cm³/mol. The van der Waals surface area contributed by atoms with Gasteiger partial charge in [0.25, 0.3) is 10.1 Å². The molecule has 0 rings (SSSR count). The zero-order chi connectivity index (χ0) is 40.5. The maximum Gasteiger partial charge on any atom is 0.267 e. The fourth-order valence-electron chi connectivity index (χ4n) is 7.33. The zero-order valence-corrected chi connectivity index (χ0v) is 37.0. The first-order valence-corrected chi connectivity index (χ1v) is 25.3. The highest BCUT2D eigenvalue weighted by molar-refractivity contribution is 7.85. The summed E-state index contributed by atoms with van der Waals surface area (Å²) in [6, 6.07) is -1.23. The minimum absolute atomic E-state index is 0.275. The Labute approximate surface area is 341 Å². The molecule has 0 aromatic rings. The quantitative estimate of drug-likeness (QED) is 0.0277. The van der Waals surface area contributed by atoms with Gasteiger partial charge in [-0.05, 0) is 44.9 Å². The van der Waals surface area contributed by atoms with Crippen molar-refractivity contribution >= 4 is 16.0 Å². The van der Waals surface area contributed by atoms with Crippen LogP contribution in [0.1, 0.15) is 245 Å². The highest BCUT2D eigenvalue weighted by Crippen LogP contribution is 2.16. The highest BCUT2D eigenvalue weighted by atomic mass is 32.2.